The zero-order chi connectivity index (χ0) is 24.6. The van der Waals surface area contributed by atoms with Crippen molar-refractivity contribution in [1.82, 2.24) is 14.8 Å². The minimum Gasteiger partial charge on any atom is -0.496 e. The summed E-state index contributed by atoms with van der Waals surface area (Å²) in [5.74, 6) is 1.75. The van der Waals surface area contributed by atoms with Crippen molar-refractivity contribution >= 4 is 11.8 Å². The van der Waals surface area contributed by atoms with Crippen molar-refractivity contribution < 1.29 is 18.7 Å². The molecule has 1 atom stereocenters. The van der Waals surface area contributed by atoms with Crippen molar-refractivity contribution in [3.05, 3.63) is 66.1 Å². The molecule has 0 saturated heterocycles. The van der Waals surface area contributed by atoms with Crippen molar-refractivity contribution in [3.8, 4) is 17.2 Å². The average molecular weight is 476 g/mol. The number of nitrogens with zero attached hydrogens (tertiary/aromatic N) is 2. The number of hydrogen-bond acceptors (Lipinski definition) is 4. The summed E-state index contributed by atoms with van der Waals surface area (Å²) in [6, 6.07) is 15.2. The molecule has 2 aromatic heterocycles. The second-order valence-corrected chi connectivity index (χ2v) is 10.1. The molecule has 0 radical (unpaired) electrons. The standard InChI is InChI=1S/C28H33N3O4/c1-19-10-12-21(13-11-19)29-27(33)28(2)18-30-22(25-9-6-16-35-25)14-15-23(30)26(32)31(28)17-20-7-4-5-8-24(20)34-3/h4-9,14-16,19,21H,10-13,17-18H2,1-3H3,(H,29,33)/t19?,21?,28-/m1/s1. The first-order valence-electron chi connectivity index (χ1n) is 12.4. The molecule has 2 aliphatic rings. The van der Waals surface area contributed by atoms with Crippen molar-refractivity contribution in [1.29, 1.82) is 0 Å². The largest absolute Gasteiger partial charge is 0.496 e. The summed E-state index contributed by atoms with van der Waals surface area (Å²) in [6.07, 6.45) is 5.77. The van der Waals surface area contributed by atoms with Gasteiger partial charge in [-0.3, -0.25) is 9.59 Å². The third kappa shape index (κ3) is 4.24. The van der Waals surface area contributed by atoms with Crippen LogP contribution in [-0.4, -0.2) is 40.0 Å². The van der Waals surface area contributed by atoms with Gasteiger partial charge >= 0.3 is 0 Å². The molecule has 1 aromatic carbocycles. The fraction of sp³-hybridized carbons (Fsp3) is 0.429. The second-order valence-electron chi connectivity index (χ2n) is 10.1. The quantitative estimate of drug-likeness (QED) is 0.552. The minimum absolute atomic E-state index is 0.120. The lowest BCUT2D eigenvalue weighted by atomic mass is 9.86. The molecule has 0 unspecified atom stereocenters. The van der Waals surface area contributed by atoms with Gasteiger partial charge in [-0.05, 0) is 68.9 Å². The van der Waals surface area contributed by atoms with Gasteiger partial charge in [0.05, 0.1) is 32.2 Å². The molecule has 1 aliphatic heterocycles. The summed E-state index contributed by atoms with van der Waals surface area (Å²) in [6.45, 7) is 4.74. The highest BCUT2D eigenvalue weighted by Crippen LogP contribution is 2.36. The van der Waals surface area contributed by atoms with Crippen LogP contribution in [0.1, 0.15) is 55.6 Å². The first kappa shape index (κ1) is 23.3. The number of para-hydroxylation sites is 1. The molecule has 0 spiro atoms. The topological polar surface area (TPSA) is 76.7 Å². The van der Waals surface area contributed by atoms with Crippen LogP contribution in [0.15, 0.2) is 59.2 Å². The predicted octanol–water partition coefficient (Wildman–Crippen LogP) is 4.87. The van der Waals surface area contributed by atoms with Gasteiger partial charge in [0.1, 0.15) is 22.7 Å². The Morgan fingerprint density at radius 2 is 1.83 bits per heavy atom. The molecule has 2 amide bonds. The van der Waals surface area contributed by atoms with Crippen LogP contribution in [0.4, 0.5) is 0 Å². The van der Waals surface area contributed by atoms with Crippen LogP contribution in [0.5, 0.6) is 5.75 Å². The molecule has 184 valence electrons. The SMILES string of the molecule is COc1ccccc1CN1C(=O)c2ccc(-c3ccco3)n2C[C@]1(C)C(=O)NC1CCC(C)CC1. The van der Waals surface area contributed by atoms with Gasteiger partial charge in [0.25, 0.3) is 5.91 Å². The van der Waals surface area contributed by atoms with Crippen LogP contribution >= 0.6 is 0 Å². The summed E-state index contributed by atoms with van der Waals surface area (Å²) in [4.78, 5) is 29.5. The summed E-state index contributed by atoms with van der Waals surface area (Å²) in [5, 5.41) is 3.29. The lowest BCUT2D eigenvalue weighted by Gasteiger charge is -2.45. The average Bonchev–Trinajstić information content (AvgIpc) is 3.53. The number of rotatable bonds is 6. The zero-order valence-corrected chi connectivity index (χ0v) is 20.6. The Hall–Kier alpha value is -3.48. The van der Waals surface area contributed by atoms with Gasteiger partial charge in [-0.1, -0.05) is 25.1 Å². The molecule has 3 aromatic rings. The molecule has 1 saturated carbocycles. The van der Waals surface area contributed by atoms with Gasteiger partial charge < -0.3 is 23.9 Å². The Morgan fingerprint density at radius 3 is 2.54 bits per heavy atom. The number of fused-ring (bicyclic) bond motifs is 1. The van der Waals surface area contributed by atoms with E-state index in [0.29, 0.717) is 29.7 Å². The molecule has 7 nitrogen and oxygen atoms in total. The van der Waals surface area contributed by atoms with Crippen LogP contribution in [0.25, 0.3) is 11.5 Å². The Bertz CT molecular complexity index is 1210. The minimum atomic E-state index is -1.09. The smallest absolute Gasteiger partial charge is 0.271 e. The van der Waals surface area contributed by atoms with Crippen molar-refractivity contribution in [2.24, 2.45) is 5.92 Å². The van der Waals surface area contributed by atoms with E-state index in [0.717, 1.165) is 36.9 Å². The second kappa shape index (κ2) is 9.29. The van der Waals surface area contributed by atoms with E-state index >= 15 is 0 Å². The first-order chi connectivity index (χ1) is 16.9. The van der Waals surface area contributed by atoms with Gasteiger partial charge in [-0.25, -0.2) is 0 Å². The summed E-state index contributed by atoms with van der Waals surface area (Å²) in [5.41, 5.74) is 1.11. The number of carbonyl (C=O) groups excluding carboxylic acids is 2. The maximum Gasteiger partial charge on any atom is 0.271 e. The Balaban J connectivity index is 1.52. The lowest BCUT2D eigenvalue weighted by molar-refractivity contribution is -0.134. The number of furan rings is 1. The monoisotopic (exact) mass is 475 g/mol. The summed E-state index contributed by atoms with van der Waals surface area (Å²) < 4.78 is 13.1. The molecule has 1 aliphatic carbocycles. The highest BCUT2D eigenvalue weighted by Gasteiger charge is 2.48. The van der Waals surface area contributed by atoms with Crippen LogP contribution < -0.4 is 10.1 Å². The van der Waals surface area contributed by atoms with E-state index < -0.39 is 5.54 Å². The van der Waals surface area contributed by atoms with E-state index in [2.05, 4.69) is 12.2 Å². The van der Waals surface area contributed by atoms with Crippen LogP contribution in [0.2, 0.25) is 0 Å². The van der Waals surface area contributed by atoms with Gasteiger partial charge in [0.15, 0.2) is 0 Å². The zero-order valence-electron chi connectivity index (χ0n) is 20.6. The molecule has 1 N–H and O–H groups in total. The fourth-order valence-electron chi connectivity index (χ4n) is 5.41. The third-order valence-corrected chi connectivity index (χ3v) is 7.64. The number of aromatic nitrogens is 1. The van der Waals surface area contributed by atoms with E-state index in [4.69, 9.17) is 9.15 Å². The highest BCUT2D eigenvalue weighted by atomic mass is 16.5. The third-order valence-electron chi connectivity index (χ3n) is 7.64. The number of ether oxygens (including phenoxy) is 1. The van der Waals surface area contributed by atoms with E-state index in [1.165, 1.54) is 0 Å². The fourth-order valence-corrected chi connectivity index (χ4v) is 5.41. The number of hydrogen-bond donors (Lipinski definition) is 1. The van der Waals surface area contributed by atoms with E-state index in [1.807, 2.05) is 60.0 Å². The highest BCUT2D eigenvalue weighted by molar-refractivity contribution is 6.00. The van der Waals surface area contributed by atoms with Gasteiger partial charge in [0, 0.05) is 11.6 Å². The number of carbonyl (C=O) groups is 2. The van der Waals surface area contributed by atoms with E-state index in [1.54, 1.807) is 18.3 Å². The number of amides is 2. The van der Waals surface area contributed by atoms with Crippen LogP contribution in [0, 0.1) is 5.92 Å². The molecule has 0 bridgehead atoms. The summed E-state index contributed by atoms with van der Waals surface area (Å²) in [7, 11) is 1.62. The Morgan fingerprint density at radius 1 is 1.09 bits per heavy atom. The number of nitrogens with one attached hydrogen (secondary N) is 1. The molecular weight excluding hydrogens is 442 g/mol. The Kier molecular flexibility index (Phi) is 6.17. The molecule has 35 heavy (non-hydrogen) atoms. The Labute approximate surface area is 206 Å². The summed E-state index contributed by atoms with van der Waals surface area (Å²) >= 11 is 0. The molecule has 7 heteroatoms. The van der Waals surface area contributed by atoms with Gasteiger partial charge in [0.2, 0.25) is 5.91 Å². The van der Waals surface area contributed by atoms with Crippen molar-refractivity contribution in [2.45, 2.75) is 64.2 Å². The van der Waals surface area contributed by atoms with Gasteiger partial charge in [-0.2, -0.15) is 0 Å². The van der Waals surface area contributed by atoms with Crippen LogP contribution in [-0.2, 0) is 17.9 Å². The molecule has 1 fully saturated rings. The lowest BCUT2D eigenvalue weighted by Crippen LogP contribution is -2.64. The van der Waals surface area contributed by atoms with Crippen molar-refractivity contribution in [2.75, 3.05) is 7.11 Å². The van der Waals surface area contributed by atoms with Crippen LogP contribution in [0.3, 0.4) is 0 Å². The normalized spacial score (nSPS) is 24.2. The maximum atomic E-state index is 13.9. The van der Waals surface area contributed by atoms with E-state index in [-0.39, 0.29) is 24.4 Å². The molecule has 5 rings (SSSR count). The maximum absolute atomic E-state index is 13.9. The first-order valence-corrected chi connectivity index (χ1v) is 12.4. The number of methoxy groups -OCH3 is 1. The predicted molar refractivity (Wildman–Crippen MR) is 133 cm³/mol. The van der Waals surface area contributed by atoms with Gasteiger partial charge in [-0.15, -0.1) is 0 Å². The van der Waals surface area contributed by atoms with E-state index in [9.17, 15) is 9.59 Å². The number of benzene rings is 1. The van der Waals surface area contributed by atoms with Crippen molar-refractivity contribution in [3.63, 3.8) is 0 Å². The molecule has 3 heterocycles. The molecular formula is C28H33N3O4.